The number of amides is 1. The first-order valence-corrected chi connectivity index (χ1v) is 5.83. The van der Waals surface area contributed by atoms with Crippen LogP contribution in [-0.2, 0) is 0 Å². The Morgan fingerprint density at radius 1 is 1.47 bits per heavy atom. The summed E-state index contributed by atoms with van der Waals surface area (Å²) < 4.78 is 6.01. The van der Waals surface area contributed by atoms with Crippen molar-refractivity contribution in [2.75, 3.05) is 13.1 Å². The first-order valence-electron chi connectivity index (χ1n) is 4.75. The maximum atomic E-state index is 11.5. The first-order chi connectivity index (χ1) is 7.17. The Hall–Kier alpha value is -0.850. The fourth-order valence-corrected chi connectivity index (χ4v) is 1.39. The molecule has 1 amide bonds. The van der Waals surface area contributed by atoms with Crippen LogP contribution >= 0.6 is 22.6 Å². The molecule has 82 valence electrons. The number of ether oxygens (including phenoxy) is 1. The lowest BCUT2D eigenvalue weighted by Gasteiger charge is -2.17. The molecule has 0 fully saturated rings. The highest BCUT2D eigenvalue weighted by atomic mass is 127. The van der Waals surface area contributed by atoms with Gasteiger partial charge in [0, 0.05) is 13.1 Å². The molecule has 0 aliphatic rings. The van der Waals surface area contributed by atoms with Gasteiger partial charge in [0.1, 0.15) is 3.70 Å². The van der Waals surface area contributed by atoms with Gasteiger partial charge < -0.3 is 9.64 Å². The largest absolute Gasteiger partial charge is 0.415 e. The van der Waals surface area contributed by atoms with Crippen LogP contribution < -0.4 is 4.74 Å². The van der Waals surface area contributed by atoms with Crippen LogP contribution in [0.25, 0.3) is 0 Å². The van der Waals surface area contributed by atoms with Crippen molar-refractivity contribution in [2.45, 2.75) is 13.8 Å². The molecule has 0 atom stereocenters. The fourth-order valence-electron chi connectivity index (χ4n) is 1.07. The van der Waals surface area contributed by atoms with E-state index < -0.39 is 0 Å². The van der Waals surface area contributed by atoms with Crippen LogP contribution in [0.1, 0.15) is 13.8 Å². The first kappa shape index (κ1) is 12.2. The van der Waals surface area contributed by atoms with Gasteiger partial charge in [0.2, 0.25) is 0 Å². The molecule has 0 saturated carbocycles. The molecule has 1 rings (SSSR count). The van der Waals surface area contributed by atoms with Crippen LogP contribution in [0, 0.1) is 3.70 Å². The maximum absolute atomic E-state index is 11.5. The van der Waals surface area contributed by atoms with Gasteiger partial charge >= 0.3 is 6.09 Å². The minimum absolute atomic E-state index is 0.331. The third-order valence-electron chi connectivity index (χ3n) is 1.93. The lowest BCUT2D eigenvalue weighted by Crippen LogP contribution is -2.33. The number of halogens is 1. The van der Waals surface area contributed by atoms with E-state index in [1.54, 1.807) is 23.2 Å². The average Bonchev–Trinajstić information content (AvgIpc) is 2.23. The van der Waals surface area contributed by atoms with Gasteiger partial charge in [0.25, 0.3) is 0 Å². The van der Waals surface area contributed by atoms with Crippen molar-refractivity contribution < 1.29 is 9.53 Å². The summed E-state index contributed by atoms with van der Waals surface area (Å²) in [7, 11) is 0. The zero-order valence-electron chi connectivity index (χ0n) is 8.74. The predicted molar refractivity (Wildman–Crippen MR) is 65.9 cm³/mol. The highest BCUT2D eigenvalue weighted by Crippen LogP contribution is 2.11. The molecular formula is C10H13IN2O2. The van der Waals surface area contributed by atoms with Gasteiger partial charge in [-0.3, -0.25) is 0 Å². The topological polar surface area (TPSA) is 42.4 Å². The second-order valence-corrected chi connectivity index (χ2v) is 3.96. The summed E-state index contributed by atoms with van der Waals surface area (Å²) in [5.74, 6) is 0.479. The number of hydrogen-bond donors (Lipinski definition) is 0. The van der Waals surface area contributed by atoms with Gasteiger partial charge in [-0.15, -0.1) is 0 Å². The van der Waals surface area contributed by atoms with E-state index >= 15 is 0 Å². The third-order valence-corrected chi connectivity index (χ3v) is 2.57. The Labute approximate surface area is 103 Å². The SMILES string of the molecule is CCN(CC)C(=O)Oc1ccc(I)nc1. The van der Waals surface area contributed by atoms with Crippen LogP contribution in [0.2, 0.25) is 0 Å². The van der Waals surface area contributed by atoms with Crippen molar-refractivity contribution in [3.8, 4) is 5.75 Å². The van der Waals surface area contributed by atoms with E-state index in [1.165, 1.54) is 0 Å². The number of rotatable bonds is 3. The molecule has 0 N–H and O–H groups in total. The minimum Gasteiger partial charge on any atom is -0.409 e. The van der Waals surface area contributed by atoms with Crippen molar-refractivity contribution >= 4 is 28.7 Å². The number of carbonyl (C=O) groups excluding carboxylic acids is 1. The maximum Gasteiger partial charge on any atom is 0.415 e. The fraction of sp³-hybridized carbons (Fsp3) is 0.400. The van der Waals surface area contributed by atoms with Crippen molar-refractivity contribution in [1.82, 2.24) is 9.88 Å². The van der Waals surface area contributed by atoms with Gasteiger partial charge in [-0.2, -0.15) is 0 Å². The number of aromatic nitrogens is 1. The molecule has 1 heterocycles. The molecule has 0 aliphatic heterocycles. The van der Waals surface area contributed by atoms with Crippen molar-refractivity contribution in [3.05, 3.63) is 22.0 Å². The molecule has 0 bridgehead atoms. The van der Waals surface area contributed by atoms with Crippen molar-refractivity contribution in [2.24, 2.45) is 0 Å². The number of pyridine rings is 1. The molecule has 1 aromatic heterocycles. The molecular weight excluding hydrogens is 307 g/mol. The van der Waals surface area contributed by atoms with E-state index in [-0.39, 0.29) is 6.09 Å². The summed E-state index contributed by atoms with van der Waals surface area (Å²) in [6, 6.07) is 3.53. The minimum atomic E-state index is -0.331. The standard InChI is InChI=1S/C10H13IN2O2/c1-3-13(4-2)10(14)15-8-5-6-9(11)12-7-8/h5-7H,3-4H2,1-2H3. The van der Waals surface area contributed by atoms with Crippen LogP contribution in [-0.4, -0.2) is 29.1 Å². The lowest BCUT2D eigenvalue weighted by atomic mass is 10.5. The van der Waals surface area contributed by atoms with E-state index in [0.29, 0.717) is 18.8 Å². The van der Waals surface area contributed by atoms with E-state index in [0.717, 1.165) is 3.70 Å². The van der Waals surface area contributed by atoms with Crippen LogP contribution in [0.5, 0.6) is 5.75 Å². The Bertz CT molecular complexity index is 323. The predicted octanol–water partition coefficient (Wildman–Crippen LogP) is 2.53. The molecule has 0 radical (unpaired) electrons. The summed E-state index contributed by atoms with van der Waals surface area (Å²) in [6.07, 6.45) is 1.21. The van der Waals surface area contributed by atoms with Gasteiger partial charge in [0.05, 0.1) is 6.20 Å². The zero-order valence-corrected chi connectivity index (χ0v) is 10.9. The van der Waals surface area contributed by atoms with Gasteiger partial charge in [-0.1, -0.05) is 0 Å². The molecule has 0 unspecified atom stereocenters. The summed E-state index contributed by atoms with van der Waals surface area (Å²) in [4.78, 5) is 17.2. The number of carbonyl (C=O) groups is 1. The van der Waals surface area contributed by atoms with Crippen molar-refractivity contribution in [3.63, 3.8) is 0 Å². The molecule has 5 heteroatoms. The molecule has 0 aliphatic carbocycles. The van der Waals surface area contributed by atoms with E-state index in [4.69, 9.17) is 4.74 Å². The highest BCUT2D eigenvalue weighted by Gasteiger charge is 2.11. The lowest BCUT2D eigenvalue weighted by molar-refractivity contribution is 0.157. The van der Waals surface area contributed by atoms with E-state index in [2.05, 4.69) is 27.6 Å². The molecule has 15 heavy (non-hydrogen) atoms. The Balaban J connectivity index is 2.61. The normalized spacial score (nSPS) is 9.80. The Morgan fingerprint density at radius 2 is 2.13 bits per heavy atom. The molecule has 0 saturated heterocycles. The molecule has 4 nitrogen and oxygen atoms in total. The van der Waals surface area contributed by atoms with E-state index in [1.807, 2.05) is 13.8 Å². The van der Waals surface area contributed by atoms with Crippen LogP contribution in [0.3, 0.4) is 0 Å². The molecule has 0 spiro atoms. The van der Waals surface area contributed by atoms with Gasteiger partial charge in [0.15, 0.2) is 5.75 Å². The quantitative estimate of drug-likeness (QED) is 0.635. The third kappa shape index (κ3) is 3.65. The summed E-state index contributed by atoms with van der Waals surface area (Å²) >= 11 is 2.10. The summed E-state index contributed by atoms with van der Waals surface area (Å²) in [5, 5.41) is 0. The van der Waals surface area contributed by atoms with Crippen LogP contribution in [0.4, 0.5) is 4.79 Å². The number of hydrogen-bond acceptors (Lipinski definition) is 3. The molecule has 1 aromatic rings. The highest BCUT2D eigenvalue weighted by molar-refractivity contribution is 14.1. The summed E-state index contributed by atoms with van der Waals surface area (Å²) in [5.41, 5.74) is 0. The Morgan fingerprint density at radius 3 is 2.60 bits per heavy atom. The van der Waals surface area contributed by atoms with Gasteiger partial charge in [-0.25, -0.2) is 9.78 Å². The smallest absolute Gasteiger partial charge is 0.409 e. The Kier molecular flexibility index (Phi) is 4.80. The second kappa shape index (κ2) is 5.89. The van der Waals surface area contributed by atoms with Crippen molar-refractivity contribution in [1.29, 1.82) is 0 Å². The van der Waals surface area contributed by atoms with E-state index in [9.17, 15) is 4.79 Å². The zero-order chi connectivity index (χ0) is 11.3. The number of nitrogens with zero attached hydrogens (tertiary/aromatic N) is 2. The summed E-state index contributed by atoms with van der Waals surface area (Å²) in [6.45, 7) is 5.12. The van der Waals surface area contributed by atoms with Gasteiger partial charge in [-0.05, 0) is 48.6 Å². The second-order valence-electron chi connectivity index (χ2n) is 2.86. The average molecular weight is 320 g/mol. The van der Waals surface area contributed by atoms with Crippen LogP contribution in [0.15, 0.2) is 18.3 Å². The monoisotopic (exact) mass is 320 g/mol. The molecule has 0 aromatic carbocycles.